The molecular weight excluding hydrogens is 260 g/mol. The van der Waals surface area contributed by atoms with E-state index in [1.807, 2.05) is 11.8 Å². The molecule has 1 saturated carbocycles. The molecule has 2 atom stereocenters. The lowest BCUT2D eigenvalue weighted by Crippen LogP contribution is -2.15. The van der Waals surface area contributed by atoms with E-state index in [0.29, 0.717) is 11.3 Å². The van der Waals surface area contributed by atoms with Gasteiger partial charge in [-0.1, -0.05) is 18.6 Å². The van der Waals surface area contributed by atoms with E-state index in [4.69, 9.17) is 12.2 Å². The minimum Gasteiger partial charge on any atom is -0.330 e. The first-order valence-corrected chi connectivity index (χ1v) is 8.14. The number of nitrogens with one attached hydrogen (secondary N) is 1. The SMILES string of the molecule is CSC1CCCC1n1c(=S)[nH]c2c(C)cccc21. The average molecular weight is 278 g/mol. The molecule has 1 fully saturated rings. The third kappa shape index (κ3) is 1.82. The smallest absolute Gasteiger partial charge is 0.178 e. The van der Waals surface area contributed by atoms with Crippen LogP contribution in [0.5, 0.6) is 0 Å². The van der Waals surface area contributed by atoms with Crippen LogP contribution < -0.4 is 0 Å². The molecule has 0 radical (unpaired) electrons. The molecule has 1 heterocycles. The number of aryl methyl sites for hydroxylation is 1. The van der Waals surface area contributed by atoms with Crippen LogP contribution in [-0.2, 0) is 0 Å². The summed E-state index contributed by atoms with van der Waals surface area (Å²) >= 11 is 7.53. The number of para-hydroxylation sites is 1. The molecule has 1 aliphatic carbocycles. The molecule has 4 heteroatoms. The van der Waals surface area contributed by atoms with Crippen LogP contribution in [0.4, 0.5) is 0 Å². The van der Waals surface area contributed by atoms with Crippen molar-refractivity contribution in [2.24, 2.45) is 0 Å². The Morgan fingerprint density at radius 1 is 1.39 bits per heavy atom. The maximum atomic E-state index is 5.55. The van der Waals surface area contributed by atoms with Crippen molar-refractivity contribution in [3.63, 3.8) is 0 Å². The Kier molecular flexibility index (Phi) is 3.24. The van der Waals surface area contributed by atoms with Crippen LogP contribution in [0.3, 0.4) is 0 Å². The number of aromatic amines is 1. The molecule has 18 heavy (non-hydrogen) atoms. The monoisotopic (exact) mass is 278 g/mol. The summed E-state index contributed by atoms with van der Waals surface area (Å²) in [4.78, 5) is 3.39. The van der Waals surface area contributed by atoms with Crippen molar-refractivity contribution in [1.82, 2.24) is 9.55 Å². The van der Waals surface area contributed by atoms with Crippen molar-refractivity contribution in [1.29, 1.82) is 0 Å². The zero-order valence-electron chi connectivity index (χ0n) is 10.8. The van der Waals surface area contributed by atoms with Crippen molar-refractivity contribution in [3.05, 3.63) is 28.5 Å². The topological polar surface area (TPSA) is 20.7 Å². The Labute approximate surface area is 117 Å². The zero-order valence-corrected chi connectivity index (χ0v) is 12.4. The molecule has 2 unspecified atom stereocenters. The van der Waals surface area contributed by atoms with Gasteiger partial charge in [-0.25, -0.2) is 0 Å². The normalized spacial score (nSPS) is 23.9. The zero-order chi connectivity index (χ0) is 12.7. The molecule has 0 amide bonds. The van der Waals surface area contributed by atoms with Crippen molar-refractivity contribution >= 4 is 35.0 Å². The lowest BCUT2D eigenvalue weighted by molar-refractivity contribution is 0.536. The van der Waals surface area contributed by atoms with Crippen LogP contribution >= 0.6 is 24.0 Å². The first-order valence-electron chi connectivity index (χ1n) is 6.45. The highest BCUT2D eigenvalue weighted by Crippen LogP contribution is 2.39. The number of aromatic nitrogens is 2. The second-order valence-electron chi connectivity index (χ2n) is 5.04. The van der Waals surface area contributed by atoms with E-state index >= 15 is 0 Å². The Morgan fingerprint density at radius 3 is 3.00 bits per heavy atom. The molecule has 1 N–H and O–H groups in total. The van der Waals surface area contributed by atoms with Gasteiger partial charge in [0, 0.05) is 11.3 Å². The minimum atomic E-state index is 0.558. The van der Waals surface area contributed by atoms with E-state index in [9.17, 15) is 0 Å². The Bertz CT molecular complexity index is 626. The molecule has 0 spiro atoms. The van der Waals surface area contributed by atoms with Crippen LogP contribution in [0.25, 0.3) is 11.0 Å². The quantitative estimate of drug-likeness (QED) is 0.818. The van der Waals surface area contributed by atoms with E-state index < -0.39 is 0 Å². The third-order valence-corrected chi connectivity index (χ3v) is 5.47. The molecule has 0 bridgehead atoms. The summed E-state index contributed by atoms with van der Waals surface area (Å²) in [6.45, 7) is 2.14. The second-order valence-corrected chi connectivity index (χ2v) is 6.51. The van der Waals surface area contributed by atoms with Gasteiger partial charge in [-0.05, 0) is 49.9 Å². The van der Waals surface area contributed by atoms with Crippen LogP contribution in [0.2, 0.25) is 0 Å². The van der Waals surface area contributed by atoms with Crippen molar-refractivity contribution < 1.29 is 0 Å². The molecule has 2 nitrogen and oxygen atoms in total. The fraction of sp³-hybridized carbons (Fsp3) is 0.500. The number of nitrogens with zero attached hydrogens (tertiary/aromatic N) is 1. The lowest BCUT2D eigenvalue weighted by atomic mass is 10.2. The second kappa shape index (κ2) is 4.74. The first kappa shape index (κ1) is 12.3. The number of H-pyrrole nitrogens is 1. The summed E-state index contributed by atoms with van der Waals surface area (Å²) in [6, 6.07) is 7.01. The molecular formula is C14H18N2S2. The number of rotatable bonds is 2. The molecule has 96 valence electrons. The van der Waals surface area contributed by atoms with Crippen molar-refractivity contribution in [2.75, 3.05) is 6.26 Å². The summed E-state index contributed by atoms with van der Waals surface area (Å²) in [5.74, 6) is 0. The fourth-order valence-corrected chi connectivity index (χ4v) is 4.41. The van der Waals surface area contributed by atoms with Crippen LogP contribution in [0.15, 0.2) is 18.2 Å². The molecule has 1 aromatic heterocycles. The average Bonchev–Trinajstić information content (AvgIpc) is 2.93. The van der Waals surface area contributed by atoms with Gasteiger partial charge >= 0.3 is 0 Å². The van der Waals surface area contributed by atoms with Gasteiger partial charge in [0.1, 0.15) is 0 Å². The maximum Gasteiger partial charge on any atom is 0.178 e. The van der Waals surface area contributed by atoms with Gasteiger partial charge in [0.25, 0.3) is 0 Å². The largest absolute Gasteiger partial charge is 0.330 e. The number of imidazole rings is 1. The van der Waals surface area contributed by atoms with Gasteiger partial charge in [0.15, 0.2) is 4.77 Å². The Balaban J connectivity index is 2.20. The predicted molar refractivity (Wildman–Crippen MR) is 82.1 cm³/mol. The highest BCUT2D eigenvalue weighted by molar-refractivity contribution is 7.99. The first-order chi connectivity index (χ1) is 8.72. The fourth-order valence-electron chi connectivity index (χ4n) is 3.10. The lowest BCUT2D eigenvalue weighted by Gasteiger charge is -2.20. The van der Waals surface area contributed by atoms with Gasteiger partial charge < -0.3 is 9.55 Å². The number of thioether (sulfide) groups is 1. The van der Waals surface area contributed by atoms with E-state index in [2.05, 4.69) is 40.9 Å². The summed E-state index contributed by atoms with van der Waals surface area (Å²) in [5.41, 5.74) is 3.75. The van der Waals surface area contributed by atoms with Crippen molar-refractivity contribution in [3.8, 4) is 0 Å². The van der Waals surface area contributed by atoms with Gasteiger partial charge in [-0.3, -0.25) is 0 Å². The van der Waals surface area contributed by atoms with Crippen LogP contribution in [0.1, 0.15) is 30.9 Å². The van der Waals surface area contributed by atoms with E-state index in [0.717, 1.165) is 4.77 Å². The number of benzene rings is 1. The highest BCUT2D eigenvalue weighted by atomic mass is 32.2. The Morgan fingerprint density at radius 2 is 2.22 bits per heavy atom. The third-order valence-electron chi connectivity index (χ3n) is 4.01. The van der Waals surface area contributed by atoms with Crippen molar-refractivity contribution in [2.45, 2.75) is 37.5 Å². The number of fused-ring (bicyclic) bond motifs is 1. The van der Waals surface area contributed by atoms with E-state index in [1.54, 1.807) is 0 Å². The summed E-state index contributed by atoms with van der Waals surface area (Å²) < 4.78 is 3.23. The molecule has 1 aliphatic rings. The van der Waals surface area contributed by atoms with Gasteiger partial charge in [-0.2, -0.15) is 11.8 Å². The summed E-state index contributed by atoms with van der Waals surface area (Å²) in [6.07, 6.45) is 6.09. The molecule has 2 aromatic rings. The molecule has 3 rings (SSSR count). The minimum absolute atomic E-state index is 0.558. The predicted octanol–water partition coefficient (Wildman–Crippen LogP) is 4.46. The molecule has 1 aromatic carbocycles. The van der Waals surface area contributed by atoms with Gasteiger partial charge in [0.2, 0.25) is 0 Å². The van der Waals surface area contributed by atoms with E-state index in [-0.39, 0.29) is 0 Å². The maximum absolute atomic E-state index is 5.55. The van der Waals surface area contributed by atoms with E-state index in [1.165, 1.54) is 35.9 Å². The summed E-state index contributed by atoms with van der Waals surface area (Å²) in [5, 5.41) is 0.705. The summed E-state index contributed by atoms with van der Waals surface area (Å²) in [7, 11) is 0. The molecule has 0 aliphatic heterocycles. The molecule has 0 saturated heterocycles. The number of hydrogen-bond acceptors (Lipinski definition) is 2. The van der Waals surface area contributed by atoms with Gasteiger partial charge in [0.05, 0.1) is 11.0 Å². The van der Waals surface area contributed by atoms with Crippen LogP contribution in [-0.4, -0.2) is 21.1 Å². The van der Waals surface area contributed by atoms with Gasteiger partial charge in [-0.15, -0.1) is 0 Å². The van der Waals surface area contributed by atoms with Crippen LogP contribution in [0, 0.1) is 11.7 Å². The Hall–Kier alpha value is -0.740. The standard InChI is InChI=1S/C14H18N2S2/c1-9-5-3-7-11-13(9)15-14(17)16(11)10-6-4-8-12(10)18-2/h3,5,7,10,12H,4,6,8H2,1-2H3,(H,15,17). The highest BCUT2D eigenvalue weighted by Gasteiger charge is 2.29. The number of hydrogen-bond donors (Lipinski definition) is 1.